The SMILES string of the molecule is COc1ccc(C2CCCN2S(=O)(=O)c2cc(C)ccc2C)cc1OC. The summed E-state index contributed by atoms with van der Waals surface area (Å²) in [6.07, 6.45) is 1.63. The fourth-order valence-corrected chi connectivity index (χ4v) is 5.53. The quantitative estimate of drug-likeness (QED) is 0.797. The van der Waals surface area contributed by atoms with Gasteiger partial charge in [0.05, 0.1) is 25.2 Å². The Labute approximate surface area is 155 Å². The zero-order valence-corrected chi connectivity index (χ0v) is 16.5. The number of rotatable bonds is 5. The highest BCUT2D eigenvalue weighted by Crippen LogP contribution is 2.40. The Morgan fingerprint density at radius 2 is 1.73 bits per heavy atom. The fourth-order valence-electron chi connectivity index (χ4n) is 3.53. The first-order valence-corrected chi connectivity index (χ1v) is 10.1. The molecular weight excluding hydrogens is 350 g/mol. The Morgan fingerprint density at radius 1 is 1.00 bits per heavy atom. The second-order valence-electron chi connectivity index (χ2n) is 6.66. The van der Waals surface area contributed by atoms with E-state index in [0.29, 0.717) is 22.9 Å². The number of aryl methyl sites for hydroxylation is 2. The van der Waals surface area contributed by atoms with Crippen molar-refractivity contribution in [2.24, 2.45) is 0 Å². The first kappa shape index (κ1) is 18.7. The predicted molar refractivity (Wildman–Crippen MR) is 101 cm³/mol. The number of hydrogen-bond donors (Lipinski definition) is 0. The number of ether oxygens (including phenoxy) is 2. The van der Waals surface area contributed by atoms with Crippen LogP contribution >= 0.6 is 0 Å². The highest BCUT2D eigenvalue weighted by Gasteiger charge is 2.37. The molecular formula is C20H25NO4S. The average molecular weight is 375 g/mol. The Hall–Kier alpha value is -2.05. The minimum Gasteiger partial charge on any atom is -0.493 e. The predicted octanol–water partition coefficient (Wildman–Crippen LogP) is 3.85. The molecule has 0 amide bonds. The van der Waals surface area contributed by atoms with Gasteiger partial charge < -0.3 is 9.47 Å². The summed E-state index contributed by atoms with van der Waals surface area (Å²) in [5, 5.41) is 0. The lowest BCUT2D eigenvalue weighted by Crippen LogP contribution is -2.31. The van der Waals surface area contributed by atoms with Crippen LogP contribution in [0.5, 0.6) is 11.5 Å². The van der Waals surface area contributed by atoms with Gasteiger partial charge in [0.15, 0.2) is 11.5 Å². The highest BCUT2D eigenvalue weighted by molar-refractivity contribution is 7.89. The van der Waals surface area contributed by atoms with Gasteiger partial charge in [-0.1, -0.05) is 18.2 Å². The number of hydrogen-bond acceptors (Lipinski definition) is 4. The van der Waals surface area contributed by atoms with Crippen molar-refractivity contribution < 1.29 is 17.9 Å². The van der Waals surface area contributed by atoms with Crippen LogP contribution < -0.4 is 9.47 Å². The normalized spacial score (nSPS) is 18.1. The molecule has 1 heterocycles. The second kappa shape index (κ2) is 7.29. The van der Waals surface area contributed by atoms with Gasteiger partial charge in [-0.25, -0.2) is 8.42 Å². The molecule has 0 saturated carbocycles. The van der Waals surface area contributed by atoms with Crippen LogP contribution in [0.2, 0.25) is 0 Å². The van der Waals surface area contributed by atoms with Crippen molar-refractivity contribution in [3.05, 3.63) is 53.1 Å². The monoisotopic (exact) mass is 375 g/mol. The summed E-state index contributed by atoms with van der Waals surface area (Å²) in [6.45, 7) is 4.27. The molecule has 1 saturated heterocycles. The Bertz CT molecular complexity index is 908. The standard InChI is InChI=1S/C20H25NO4S/c1-14-7-8-15(2)20(12-14)26(22,23)21-11-5-6-17(21)16-9-10-18(24-3)19(13-16)25-4/h7-10,12-13,17H,5-6,11H2,1-4H3. The van der Waals surface area contributed by atoms with Crippen molar-refractivity contribution in [2.75, 3.05) is 20.8 Å². The van der Waals surface area contributed by atoms with Crippen LogP contribution in [0.15, 0.2) is 41.3 Å². The van der Waals surface area contributed by atoms with E-state index in [9.17, 15) is 8.42 Å². The van der Waals surface area contributed by atoms with E-state index in [2.05, 4.69) is 0 Å². The maximum Gasteiger partial charge on any atom is 0.243 e. The summed E-state index contributed by atoms with van der Waals surface area (Å²) in [5.41, 5.74) is 2.64. The Morgan fingerprint density at radius 3 is 2.42 bits per heavy atom. The van der Waals surface area contributed by atoms with Crippen molar-refractivity contribution in [3.63, 3.8) is 0 Å². The minimum absolute atomic E-state index is 0.195. The molecule has 1 unspecified atom stereocenters. The first-order chi connectivity index (χ1) is 12.4. The Kier molecular flexibility index (Phi) is 5.25. The van der Waals surface area contributed by atoms with E-state index in [4.69, 9.17) is 9.47 Å². The van der Waals surface area contributed by atoms with Crippen LogP contribution in [0.1, 0.15) is 35.6 Å². The molecule has 0 radical (unpaired) electrons. The summed E-state index contributed by atoms with van der Waals surface area (Å²) < 4.78 is 39.0. The molecule has 0 aliphatic carbocycles. The third-order valence-corrected chi connectivity index (χ3v) is 6.98. The summed E-state index contributed by atoms with van der Waals surface area (Å²) in [6, 6.07) is 11.0. The van der Waals surface area contributed by atoms with E-state index < -0.39 is 10.0 Å². The highest BCUT2D eigenvalue weighted by atomic mass is 32.2. The van der Waals surface area contributed by atoms with Crippen molar-refractivity contribution in [1.29, 1.82) is 0 Å². The zero-order valence-electron chi connectivity index (χ0n) is 15.7. The molecule has 0 spiro atoms. The van der Waals surface area contributed by atoms with Gasteiger partial charge in [-0.05, 0) is 61.6 Å². The lowest BCUT2D eigenvalue weighted by Gasteiger charge is -2.26. The van der Waals surface area contributed by atoms with Crippen LogP contribution in [0.25, 0.3) is 0 Å². The molecule has 5 nitrogen and oxygen atoms in total. The fraction of sp³-hybridized carbons (Fsp3) is 0.400. The number of sulfonamides is 1. The van der Waals surface area contributed by atoms with Gasteiger partial charge in [-0.15, -0.1) is 0 Å². The Balaban J connectivity index is 2.01. The lowest BCUT2D eigenvalue weighted by atomic mass is 10.0. The average Bonchev–Trinajstić information content (AvgIpc) is 3.13. The van der Waals surface area contributed by atoms with E-state index >= 15 is 0 Å². The van der Waals surface area contributed by atoms with Crippen LogP contribution in [-0.4, -0.2) is 33.5 Å². The van der Waals surface area contributed by atoms with Gasteiger partial charge in [-0.2, -0.15) is 4.31 Å². The molecule has 0 N–H and O–H groups in total. The summed E-state index contributed by atoms with van der Waals surface area (Å²) in [4.78, 5) is 0.393. The van der Waals surface area contributed by atoms with Crippen molar-refractivity contribution in [1.82, 2.24) is 4.31 Å². The van der Waals surface area contributed by atoms with Crippen LogP contribution in [0, 0.1) is 13.8 Å². The van der Waals surface area contributed by atoms with E-state index in [1.807, 2.05) is 44.2 Å². The van der Waals surface area contributed by atoms with Gasteiger partial charge in [0.25, 0.3) is 0 Å². The third-order valence-electron chi connectivity index (χ3n) is 4.93. The zero-order chi connectivity index (χ0) is 18.9. The van der Waals surface area contributed by atoms with Crippen LogP contribution in [0.4, 0.5) is 0 Å². The molecule has 0 aromatic heterocycles. The molecule has 2 aromatic rings. The van der Waals surface area contributed by atoms with Crippen LogP contribution in [0.3, 0.4) is 0 Å². The molecule has 1 fully saturated rings. The van der Waals surface area contributed by atoms with Crippen molar-refractivity contribution >= 4 is 10.0 Å². The summed E-state index contributed by atoms with van der Waals surface area (Å²) in [5.74, 6) is 1.25. The molecule has 0 bridgehead atoms. The van der Waals surface area contributed by atoms with Gasteiger partial charge in [-0.3, -0.25) is 0 Å². The van der Waals surface area contributed by atoms with E-state index in [1.165, 1.54) is 0 Å². The number of benzene rings is 2. The van der Waals surface area contributed by atoms with E-state index in [1.54, 1.807) is 24.6 Å². The van der Waals surface area contributed by atoms with E-state index in [0.717, 1.165) is 29.5 Å². The van der Waals surface area contributed by atoms with Crippen molar-refractivity contribution in [3.8, 4) is 11.5 Å². The molecule has 1 atom stereocenters. The van der Waals surface area contributed by atoms with Crippen molar-refractivity contribution in [2.45, 2.75) is 37.6 Å². The minimum atomic E-state index is -3.56. The molecule has 1 aliphatic heterocycles. The maximum absolute atomic E-state index is 13.3. The van der Waals surface area contributed by atoms with E-state index in [-0.39, 0.29) is 6.04 Å². The smallest absolute Gasteiger partial charge is 0.243 e. The third kappa shape index (κ3) is 3.31. The van der Waals surface area contributed by atoms with Crippen LogP contribution in [-0.2, 0) is 10.0 Å². The topological polar surface area (TPSA) is 55.8 Å². The molecule has 1 aliphatic rings. The van der Waals surface area contributed by atoms with Gasteiger partial charge in [0.1, 0.15) is 0 Å². The molecule has 6 heteroatoms. The molecule has 26 heavy (non-hydrogen) atoms. The second-order valence-corrected chi connectivity index (χ2v) is 8.52. The number of nitrogens with zero attached hydrogens (tertiary/aromatic N) is 1. The molecule has 3 rings (SSSR count). The largest absolute Gasteiger partial charge is 0.493 e. The van der Waals surface area contributed by atoms with Gasteiger partial charge in [0.2, 0.25) is 10.0 Å². The van der Waals surface area contributed by atoms with Gasteiger partial charge >= 0.3 is 0 Å². The first-order valence-electron chi connectivity index (χ1n) is 8.69. The lowest BCUT2D eigenvalue weighted by molar-refractivity contribution is 0.351. The maximum atomic E-state index is 13.3. The summed E-state index contributed by atoms with van der Waals surface area (Å²) in [7, 11) is -0.391. The molecule has 2 aromatic carbocycles. The summed E-state index contributed by atoms with van der Waals surface area (Å²) >= 11 is 0. The number of methoxy groups -OCH3 is 2. The molecule has 140 valence electrons. The van der Waals surface area contributed by atoms with Gasteiger partial charge in [0, 0.05) is 6.54 Å².